The first kappa shape index (κ1) is 35.1. The normalized spacial score (nSPS) is 24.6. The summed E-state index contributed by atoms with van der Waals surface area (Å²) < 4.78 is 70.0. The highest BCUT2D eigenvalue weighted by Crippen LogP contribution is 2.53. The molecule has 5 atom stereocenters. The molecule has 0 spiro atoms. The zero-order chi connectivity index (χ0) is 36.3. The average Bonchev–Trinajstić information content (AvgIpc) is 3.49. The minimum atomic E-state index is -4.94. The lowest BCUT2D eigenvalue weighted by molar-refractivity contribution is -0.141. The lowest BCUT2D eigenvalue weighted by Gasteiger charge is -2.26. The van der Waals surface area contributed by atoms with Crippen LogP contribution in [0.15, 0.2) is 30.6 Å². The van der Waals surface area contributed by atoms with E-state index < -0.39 is 47.6 Å². The summed E-state index contributed by atoms with van der Waals surface area (Å²) in [7, 11) is 1.31. The number of nitrogens with two attached hydrogens (primary N) is 1. The molecule has 2 unspecified atom stereocenters. The van der Waals surface area contributed by atoms with Gasteiger partial charge in [0.15, 0.2) is 11.5 Å². The van der Waals surface area contributed by atoms with E-state index >= 15 is 0 Å². The van der Waals surface area contributed by atoms with Crippen LogP contribution in [0, 0.1) is 11.8 Å². The molecule has 3 aromatic rings. The predicted molar refractivity (Wildman–Crippen MR) is 165 cm³/mol. The third kappa shape index (κ3) is 6.70. The highest BCUT2D eigenvalue weighted by atomic mass is 35.5. The molecule has 268 valence electrons. The first-order chi connectivity index (χ1) is 23.5. The number of carbonyl (C=O) groups is 4. The van der Waals surface area contributed by atoms with E-state index in [1.54, 1.807) is 9.80 Å². The molecule has 4 heterocycles. The maximum atomic E-state index is 13.7. The van der Waals surface area contributed by atoms with E-state index in [4.69, 9.17) is 27.2 Å². The number of hydrogen-bond donors (Lipinski definition) is 4. The molecule has 2 aromatic heterocycles. The summed E-state index contributed by atoms with van der Waals surface area (Å²) >= 11 is 6.39. The molecule has 0 radical (unpaired) electrons. The van der Waals surface area contributed by atoms with Gasteiger partial charge in [-0.15, -0.1) is 0 Å². The van der Waals surface area contributed by atoms with Crippen molar-refractivity contribution >= 4 is 41.6 Å². The number of rotatable bonds is 6. The van der Waals surface area contributed by atoms with E-state index in [0.29, 0.717) is 30.9 Å². The van der Waals surface area contributed by atoms with Crippen LogP contribution >= 0.6 is 11.6 Å². The number of anilines is 1. The standard InChI is InChI=1S/C29H29ClF5N9O3.CH2O2/c1-41-20(18-12-44(21-7-28(21,31)32)40-23(18)29(33,34)35)8-37-24(41)26(46)38-14-2-3-15(19(30)6-14)25(45)39-22-16-10-43(11-17(16)22)27(47)42-5-4-13(36)9-42;2-1-3/h2-3,6,8,12-13,16-17,21-22H,4-5,7,9-11,36H2,1H3,(H,38,46)(H,39,45);1H,(H,2,3)/t13-,16-,17+,21?,22?;/m1./s1. The van der Waals surface area contributed by atoms with Crippen LogP contribution in [0.3, 0.4) is 0 Å². The summed E-state index contributed by atoms with van der Waals surface area (Å²) in [6.07, 6.45) is -2.87. The Hall–Kier alpha value is -4.78. The number of nitrogens with one attached hydrogen (secondary N) is 2. The van der Waals surface area contributed by atoms with Crippen molar-refractivity contribution in [1.82, 2.24) is 34.4 Å². The number of likely N-dealkylation sites (tertiary alicyclic amines) is 2. The van der Waals surface area contributed by atoms with Gasteiger partial charge in [0.05, 0.1) is 28.0 Å². The Morgan fingerprint density at radius 2 is 1.78 bits per heavy atom. The molecular weight excluding hydrogens is 697 g/mol. The van der Waals surface area contributed by atoms with Crippen molar-refractivity contribution in [3.8, 4) is 11.3 Å². The quantitative estimate of drug-likeness (QED) is 0.221. The number of nitrogens with zero attached hydrogens (tertiary/aromatic N) is 6. The van der Waals surface area contributed by atoms with Gasteiger partial charge in [0.25, 0.3) is 24.2 Å². The number of benzene rings is 1. The van der Waals surface area contributed by atoms with Gasteiger partial charge in [0.1, 0.15) is 6.04 Å². The van der Waals surface area contributed by atoms with Gasteiger partial charge in [0.2, 0.25) is 0 Å². The Balaban J connectivity index is 0.00000139. The molecule has 20 heteroatoms. The molecule has 2 aliphatic carbocycles. The lowest BCUT2D eigenvalue weighted by Crippen LogP contribution is -2.44. The van der Waals surface area contributed by atoms with Crippen LogP contribution < -0.4 is 16.4 Å². The first-order valence-electron chi connectivity index (χ1n) is 15.4. The number of imidazole rings is 1. The second kappa shape index (κ2) is 12.8. The third-order valence-electron chi connectivity index (χ3n) is 9.31. The molecule has 4 aliphatic rings. The minimum Gasteiger partial charge on any atom is -0.483 e. The second-order valence-corrected chi connectivity index (χ2v) is 13.0. The summed E-state index contributed by atoms with van der Waals surface area (Å²) in [6.45, 7) is 2.03. The van der Waals surface area contributed by atoms with Crippen LogP contribution in [0.2, 0.25) is 5.02 Å². The summed E-state index contributed by atoms with van der Waals surface area (Å²) in [5.41, 5.74) is 4.26. The number of aromatic nitrogens is 4. The van der Waals surface area contributed by atoms with Crippen molar-refractivity contribution in [2.45, 2.75) is 43.1 Å². The summed E-state index contributed by atoms with van der Waals surface area (Å²) in [5.74, 6) is -4.32. The van der Waals surface area contributed by atoms with Crippen LogP contribution in [-0.2, 0) is 18.0 Å². The number of halogens is 6. The average molecular weight is 728 g/mol. The van der Waals surface area contributed by atoms with Crippen molar-refractivity contribution < 1.29 is 46.2 Å². The molecule has 4 fully saturated rings. The van der Waals surface area contributed by atoms with E-state index in [2.05, 4.69) is 20.7 Å². The Morgan fingerprint density at radius 3 is 2.34 bits per heavy atom. The number of urea groups is 1. The van der Waals surface area contributed by atoms with E-state index in [9.17, 15) is 36.3 Å². The Morgan fingerprint density at radius 1 is 1.12 bits per heavy atom. The van der Waals surface area contributed by atoms with Crippen molar-refractivity contribution in [1.29, 1.82) is 0 Å². The van der Waals surface area contributed by atoms with Gasteiger partial charge in [-0.25, -0.2) is 18.6 Å². The maximum Gasteiger partial charge on any atom is 0.435 e. The minimum absolute atomic E-state index is 0.000918. The zero-order valence-electron chi connectivity index (χ0n) is 26.2. The molecule has 2 saturated carbocycles. The summed E-state index contributed by atoms with van der Waals surface area (Å²) in [6, 6.07) is 2.63. The van der Waals surface area contributed by atoms with Crippen LogP contribution in [0.25, 0.3) is 11.3 Å². The van der Waals surface area contributed by atoms with E-state index in [-0.39, 0.29) is 64.2 Å². The SMILES string of the molecule is Cn1c(-c2cn(C3CC3(F)F)nc2C(F)(F)F)cnc1C(=O)Nc1ccc(C(=O)NC2[C@H]3CN(C(=O)N4CC[C@@H](N)C4)C[C@@H]23)c(Cl)c1.O=CO. The van der Waals surface area contributed by atoms with E-state index in [1.807, 2.05) is 0 Å². The van der Waals surface area contributed by atoms with Gasteiger partial charge >= 0.3 is 12.2 Å². The fourth-order valence-electron chi connectivity index (χ4n) is 6.56. The monoisotopic (exact) mass is 727 g/mol. The van der Waals surface area contributed by atoms with Crippen LogP contribution in [-0.4, -0.2) is 103 Å². The van der Waals surface area contributed by atoms with Gasteiger partial charge in [-0.05, 0) is 24.6 Å². The summed E-state index contributed by atoms with van der Waals surface area (Å²) in [5, 5.41) is 15.8. The van der Waals surface area contributed by atoms with Crippen molar-refractivity contribution in [2.24, 2.45) is 24.6 Å². The first-order valence-corrected chi connectivity index (χ1v) is 15.8. The Bertz CT molecular complexity index is 1840. The fraction of sp³-hybridized carbons (Fsp3) is 0.467. The van der Waals surface area contributed by atoms with Crippen molar-refractivity contribution in [3.05, 3.63) is 52.7 Å². The van der Waals surface area contributed by atoms with Crippen molar-refractivity contribution in [3.63, 3.8) is 0 Å². The van der Waals surface area contributed by atoms with Gasteiger partial charge in [-0.1, -0.05) is 11.6 Å². The molecule has 0 bridgehead atoms. The molecule has 50 heavy (non-hydrogen) atoms. The maximum absolute atomic E-state index is 13.7. The molecule has 4 amide bonds. The number of amides is 4. The molecule has 2 saturated heterocycles. The number of alkyl halides is 5. The summed E-state index contributed by atoms with van der Waals surface area (Å²) in [4.78, 5) is 54.6. The van der Waals surface area contributed by atoms with Gasteiger partial charge in [-0.3, -0.25) is 19.1 Å². The molecule has 1 aromatic carbocycles. The fourth-order valence-corrected chi connectivity index (χ4v) is 6.82. The van der Waals surface area contributed by atoms with Gasteiger partial charge in [0, 0.05) is 75.5 Å². The third-order valence-corrected chi connectivity index (χ3v) is 9.62. The van der Waals surface area contributed by atoms with Gasteiger partial charge in [-0.2, -0.15) is 18.3 Å². The molecule has 7 rings (SSSR count). The number of carbonyl (C=O) groups excluding carboxylic acids is 3. The van der Waals surface area contributed by atoms with Crippen LogP contribution in [0.4, 0.5) is 32.4 Å². The predicted octanol–water partition coefficient (Wildman–Crippen LogP) is 3.30. The molecule has 2 aliphatic heterocycles. The Labute approximate surface area is 285 Å². The van der Waals surface area contributed by atoms with E-state index in [0.717, 1.165) is 23.4 Å². The molecular formula is C30H31ClF5N9O5. The smallest absolute Gasteiger partial charge is 0.435 e. The van der Waals surface area contributed by atoms with Gasteiger partial charge < -0.3 is 35.8 Å². The number of hydrogen-bond acceptors (Lipinski definition) is 7. The lowest BCUT2D eigenvalue weighted by atomic mass is 10.2. The van der Waals surface area contributed by atoms with E-state index in [1.165, 1.54) is 25.2 Å². The van der Waals surface area contributed by atoms with Crippen LogP contribution in [0.5, 0.6) is 0 Å². The van der Waals surface area contributed by atoms with Crippen LogP contribution in [0.1, 0.15) is 45.6 Å². The largest absolute Gasteiger partial charge is 0.483 e. The highest BCUT2D eigenvalue weighted by Gasteiger charge is 2.60. The Kier molecular flexibility index (Phi) is 9.00. The number of carboxylic acid groups (broad SMARTS) is 1. The van der Waals surface area contributed by atoms with Crippen molar-refractivity contribution in [2.75, 3.05) is 31.5 Å². The topological polar surface area (TPSA) is 181 Å². The molecule has 5 N–H and O–H groups in total. The number of fused-ring (bicyclic) bond motifs is 1. The second-order valence-electron chi connectivity index (χ2n) is 12.6. The molecule has 14 nitrogen and oxygen atoms in total. The number of piperidine rings is 1. The zero-order valence-corrected chi connectivity index (χ0v) is 27.0. The highest BCUT2D eigenvalue weighted by molar-refractivity contribution is 6.34.